The van der Waals surface area contributed by atoms with Gasteiger partial charge in [0.2, 0.25) is 0 Å². The molecule has 0 aromatic carbocycles. The van der Waals surface area contributed by atoms with E-state index in [1.54, 1.807) is 0 Å². The van der Waals surface area contributed by atoms with Crippen molar-refractivity contribution in [1.82, 2.24) is 14.5 Å². The molecule has 0 aliphatic carbocycles. The molecule has 2 heterocycles. The Kier molecular flexibility index (Phi) is 3.61. The Morgan fingerprint density at radius 3 is 2.56 bits per heavy atom. The van der Waals surface area contributed by atoms with Gasteiger partial charge in [-0.05, 0) is 32.9 Å². The van der Waals surface area contributed by atoms with Crippen LogP contribution in [0.4, 0.5) is 0 Å². The van der Waals surface area contributed by atoms with Crippen LogP contribution in [0.15, 0.2) is 6.20 Å². The predicted molar refractivity (Wildman–Crippen MR) is 65.2 cm³/mol. The highest BCUT2D eigenvalue weighted by Gasteiger charge is 2.23. The number of piperidine rings is 1. The van der Waals surface area contributed by atoms with E-state index in [1.807, 2.05) is 13.1 Å². The third-order valence-electron chi connectivity index (χ3n) is 3.65. The molecule has 2 rings (SSSR count). The first-order valence-electron chi connectivity index (χ1n) is 6.16. The first kappa shape index (κ1) is 11.6. The molecule has 1 aromatic heterocycles. The van der Waals surface area contributed by atoms with E-state index < -0.39 is 0 Å². The van der Waals surface area contributed by atoms with Crippen LogP contribution in [0.3, 0.4) is 0 Å². The highest BCUT2D eigenvalue weighted by atomic mass is 15.2. The molecule has 0 bridgehead atoms. The topological polar surface area (TPSA) is 47.1 Å². The molecule has 1 atom stereocenters. The van der Waals surface area contributed by atoms with Gasteiger partial charge in [0.1, 0.15) is 5.82 Å². The summed E-state index contributed by atoms with van der Waals surface area (Å²) in [5.74, 6) is 1.06. The van der Waals surface area contributed by atoms with Crippen LogP contribution in [0.2, 0.25) is 0 Å². The van der Waals surface area contributed by atoms with Gasteiger partial charge in [-0.25, -0.2) is 4.98 Å². The second-order valence-electron chi connectivity index (χ2n) is 4.64. The van der Waals surface area contributed by atoms with Gasteiger partial charge < -0.3 is 10.3 Å². The SMILES string of the molecule is Cc1ncc(C(CN)N2CCCCC2)n1C. The van der Waals surface area contributed by atoms with E-state index in [4.69, 9.17) is 5.73 Å². The van der Waals surface area contributed by atoms with Gasteiger partial charge in [0, 0.05) is 13.6 Å². The Hall–Kier alpha value is -0.870. The third-order valence-corrected chi connectivity index (χ3v) is 3.65. The van der Waals surface area contributed by atoms with Gasteiger partial charge in [-0.2, -0.15) is 0 Å². The highest BCUT2D eigenvalue weighted by Crippen LogP contribution is 2.23. The largest absolute Gasteiger partial charge is 0.334 e. The van der Waals surface area contributed by atoms with Crippen molar-refractivity contribution >= 4 is 0 Å². The van der Waals surface area contributed by atoms with Crippen LogP contribution in [0.25, 0.3) is 0 Å². The molecule has 2 N–H and O–H groups in total. The fraction of sp³-hybridized carbons (Fsp3) is 0.750. The predicted octanol–water partition coefficient (Wildman–Crippen LogP) is 1.21. The zero-order chi connectivity index (χ0) is 11.5. The Morgan fingerprint density at radius 2 is 2.06 bits per heavy atom. The van der Waals surface area contributed by atoms with Crippen LogP contribution in [0.1, 0.15) is 36.8 Å². The number of rotatable bonds is 3. The van der Waals surface area contributed by atoms with E-state index in [-0.39, 0.29) is 0 Å². The molecule has 1 aliphatic rings. The molecule has 0 spiro atoms. The number of hydrogen-bond acceptors (Lipinski definition) is 3. The molecule has 0 radical (unpaired) electrons. The van der Waals surface area contributed by atoms with Gasteiger partial charge in [-0.15, -0.1) is 0 Å². The van der Waals surface area contributed by atoms with Crippen molar-refractivity contribution in [2.24, 2.45) is 12.8 Å². The van der Waals surface area contributed by atoms with Crippen molar-refractivity contribution in [3.8, 4) is 0 Å². The summed E-state index contributed by atoms with van der Waals surface area (Å²) in [4.78, 5) is 6.86. The summed E-state index contributed by atoms with van der Waals surface area (Å²) >= 11 is 0. The van der Waals surface area contributed by atoms with Crippen LogP contribution >= 0.6 is 0 Å². The van der Waals surface area contributed by atoms with E-state index in [9.17, 15) is 0 Å². The molecular formula is C12H22N4. The number of likely N-dealkylation sites (tertiary alicyclic amines) is 1. The molecular weight excluding hydrogens is 200 g/mol. The zero-order valence-electron chi connectivity index (χ0n) is 10.3. The molecule has 90 valence electrons. The van der Waals surface area contributed by atoms with Crippen LogP contribution < -0.4 is 5.73 Å². The maximum Gasteiger partial charge on any atom is 0.105 e. The Bertz CT molecular complexity index is 339. The van der Waals surface area contributed by atoms with Gasteiger partial charge in [0.05, 0.1) is 17.9 Å². The lowest BCUT2D eigenvalue weighted by Gasteiger charge is -2.33. The first-order chi connectivity index (χ1) is 7.74. The number of aryl methyl sites for hydroxylation is 1. The van der Waals surface area contributed by atoms with Crippen molar-refractivity contribution in [3.63, 3.8) is 0 Å². The molecule has 4 nitrogen and oxygen atoms in total. The number of aromatic nitrogens is 2. The monoisotopic (exact) mass is 222 g/mol. The van der Waals surface area contributed by atoms with Crippen molar-refractivity contribution in [2.45, 2.75) is 32.2 Å². The van der Waals surface area contributed by atoms with E-state index in [0.717, 1.165) is 5.82 Å². The third kappa shape index (κ3) is 2.13. The van der Waals surface area contributed by atoms with E-state index >= 15 is 0 Å². The zero-order valence-corrected chi connectivity index (χ0v) is 10.3. The Balaban J connectivity index is 2.18. The molecule has 1 unspecified atom stereocenters. The maximum absolute atomic E-state index is 5.93. The molecule has 0 saturated carbocycles. The molecule has 1 fully saturated rings. The summed E-state index contributed by atoms with van der Waals surface area (Å²) in [6, 6.07) is 0.339. The smallest absolute Gasteiger partial charge is 0.105 e. The fourth-order valence-electron chi connectivity index (χ4n) is 2.52. The second-order valence-corrected chi connectivity index (χ2v) is 4.64. The normalized spacial score (nSPS) is 19.9. The summed E-state index contributed by atoms with van der Waals surface area (Å²) in [6.45, 7) is 5.06. The van der Waals surface area contributed by atoms with E-state index in [1.165, 1.54) is 38.0 Å². The second kappa shape index (κ2) is 4.97. The first-order valence-corrected chi connectivity index (χ1v) is 6.16. The quantitative estimate of drug-likeness (QED) is 0.836. The molecule has 1 saturated heterocycles. The number of imidazole rings is 1. The molecule has 4 heteroatoms. The van der Waals surface area contributed by atoms with Crippen molar-refractivity contribution in [3.05, 3.63) is 17.7 Å². The van der Waals surface area contributed by atoms with Crippen LogP contribution in [-0.2, 0) is 7.05 Å². The molecule has 16 heavy (non-hydrogen) atoms. The van der Waals surface area contributed by atoms with Gasteiger partial charge in [0.25, 0.3) is 0 Å². The number of hydrogen-bond donors (Lipinski definition) is 1. The van der Waals surface area contributed by atoms with Crippen molar-refractivity contribution in [2.75, 3.05) is 19.6 Å². The molecule has 1 aliphatic heterocycles. The maximum atomic E-state index is 5.93. The van der Waals surface area contributed by atoms with Gasteiger partial charge in [0.15, 0.2) is 0 Å². The van der Waals surface area contributed by atoms with Gasteiger partial charge in [-0.1, -0.05) is 6.42 Å². The minimum atomic E-state index is 0.339. The summed E-state index contributed by atoms with van der Waals surface area (Å²) in [7, 11) is 2.07. The number of nitrogens with two attached hydrogens (primary N) is 1. The summed E-state index contributed by atoms with van der Waals surface area (Å²) < 4.78 is 2.16. The summed E-state index contributed by atoms with van der Waals surface area (Å²) in [5, 5.41) is 0. The molecule has 1 aromatic rings. The van der Waals surface area contributed by atoms with Gasteiger partial charge >= 0.3 is 0 Å². The minimum absolute atomic E-state index is 0.339. The minimum Gasteiger partial charge on any atom is -0.334 e. The average Bonchev–Trinajstić information content (AvgIpc) is 2.64. The Labute approximate surface area is 97.4 Å². The van der Waals surface area contributed by atoms with Crippen LogP contribution in [0, 0.1) is 6.92 Å². The summed E-state index contributed by atoms with van der Waals surface area (Å²) in [5.41, 5.74) is 7.18. The Morgan fingerprint density at radius 1 is 1.38 bits per heavy atom. The average molecular weight is 222 g/mol. The summed E-state index contributed by atoms with van der Waals surface area (Å²) in [6.07, 6.45) is 5.93. The van der Waals surface area contributed by atoms with Crippen molar-refractivity contribution in [1.29, 1.82) is 0 Å². The highest BCUT2D eigenvalue weighted by molar-refractivity contribution is 5.10. The van der Waals surface area contributed by atoms with Gasteiger partial charge in [-0.3, -0.25) is 4.90 Å². The lowest BCUT2D eigenvalue weighted by molar-refractivity contribution is 0.162. The van der Waals surface area contributed by atoms with Crippen LogP contribution in [0.5, 0.6) is 0 Å². The number of nitrogens with zero attached hydrogens (tertiary/aromatic N) is 3. The van der Waals surface area contributed by atoms with E-state index in [2.05, 4.69) is 21.5 Å². The van der Waals surface area contributed by atoms with Crippen LogP contribution in [-0.4, -0.2) is 34.1 Å². The fourth-order valence-corrected chi connectivity index (χ4v) is 2.52. The lowest BCUT2D eigenvalue weighted by Crippen LogP contribution is -2.38. The van der Waals surface area contributed by atoms with E-state index in [0.29, 0.717) is 12.6 Å². The lowest BCUT2D eigenvalue weighted by atomic mass is 10.1. The standard InChI is InChI=1S/C12H22N4/c1-10-14-9-12(15(10)2)11(8-13)16-6-4-3-5-7-16/h9,11H,3-8,13H2,1-2H3. The van der Waals surface area contributed by atoms with Crippen molar-refractivity contribution < 1.29 is 0 Å². The molecule has 0 amide bonds.